The number of nitrogens with zero attached hydrogens (tertiary/aromatic N) is 1. The van der Waals surface area contributed by atoms with Crippen LogP contribution in [0, 0.1) is 17.5 Å². The molecule has 0 bridgehead atoms. The molecule has 6 heteroatoms. The lowest BCUT2D eigenvalue weighted by Crippen LogP contribution is -1.95. The molecule has 1 N–H and O–H groups in total. The van der Waals surface area contributed by atoms with Crippen molar-refractivity contribution in [3.63, 3.8) is 0 Å². The average molecular weight is 279 g/mol. The molecule has 0 heterocycles. The fraction of sp³-hybridized carbons (Fsp3) is 0. The summed E-state index contributed by atoms with van der Waals surface area (Å²) in [6.45, 7) is 0. The summed E-state index contributed by atoms with van der Waals surface area (Å²) in [6, 6.07) is 6.60. The second-order valence-electron chi connectivity index (χ2n) is 3.90. The SMILES string of the molecule is O=C(O)c1ccc(C=Nc2c(F)cc(F)cc2F)cc1. The van der Waals surface area contributed by atoms with Crippen LogP contribution in [0.15, 0.2) is 41.4 Å². The molecule has 3 nitrogen and oxygen atoms in total. The Morgan fingerprint density at radius 3 is 2.10 bits per heavy atom. The molecular weight excluding hydrogens is 271 g/mol. The first kappa shape index (κ1) is 13.8. The minimum absolute atomic E-state index is 0.0845. The molecule has 0 unspecified atom stereocenters. The summed E-state index contributed by atoms with van der Waals surface area (Å²) in [5.74, 6) is -4.32. The Kier molecular flexibility index (Phi) is 3.84. The van der Waals surface area contributed by atoms with Gasteiger partial charge in [-0.2, -0.15) is 0 Å². The molecule has 0 aliphatic heterocycles. The van der Waals surface area contributed by atoms with E-state index < -0.39 is 29.1 Å². The van der Waals surface area contributed by atoms with Crippen LogP contribution < -0.4 is 0 Å². The zero-order valence-electron chi connectivity index (χ0n) is 9.98. The fourth-order valence-corrected chi connectivity index (χ4v) is 1.51. The summed E-state index contributed by atoms with van der Waals surface area (Å²) < 4.78 is 39.3. The van der Waals surface area contributed by atoms with Gasteiger partial charge in [0, 0.05) is 18.3 Å². The van der Waals surface area contributed by atoms with Gasteiger partial charge < -0.3 is 5.11 Å². The summed E-state index contributed by atoms with van der Waals surface area (Å²) in [7, 11) is 0. The Bertz CT molecular complexity index is 658. The van der Waals surface area contributed by atoms with Gasteiger partial charge in [0.15, 0.2) is 11.6 Å². The molecule has 0 atom stereocenters. The third kappa shape index (κ3) is 3.03. The van der Waals surface area contributed by atoms with E-state index in [1.807, 2.05) is 0 Å². The predicted octanol–water partition coefficient (Wildman–Crippen LogP) is 3.55. The molecule has 2 aromatic rings. The molecule has 0 aromatic heterocycles. The number of carbonyl (C=O) groups is 1. The standard InChI is InChI=1S/C14H8F3NO2/c15-10-5-11(16)13(12(17)6-10)18-7-8-1-3-9(4-2-8)14(19)20/h1-7H,(H,19,20). The van der Waals surface area contributed by atoms with Crippen molar-refractivity contribution in [1.29, 1.82) is 0 Å². The van der Waals surface area contributed by atoms with E-state index in [2.05, 4.69) is 4.99 Å². The lowest BCUT2D eigenvalue weighted by atomic mass is 10.1. The van der Waals surface area contributed by atoms with Crippen LogP contribution in [0.5, 0.6) is 0 Å². The number of halogens is 3. The van der Waals surface area contributed by atoms with Gasteiger partial charge >= 0.3 is 5.97 Å². The third-order valence-electron chi connectivity index (χ3n) is 2.48. The van der Waals surface area contributed by atoms with E-state index in [0.29, 0.717) is 17.7 Å². The fourth-order valence-electron chi connectivity index (χ4n) is 1.51. The number of aliphatic imine (C=N–C) groups is 1. The maximum atomic E-state index is 13.3. The first-order valence-corrected chi connectivity index (χ1v) is 5.49. The number of carboxylic acid groups (broad SMARTS) is 1. The molecule has 0 amide bonds. The molecule has 0 saturated heterocycles. The first-order chi connectivity index (χ1) is 9.47. The Morgan fingerprint density at radius 2 is 1.60 bits per heavy atom. The molecule has 0 aliphatic carbocycles. The summed E-state index contributed by atoms with van der Waals surface area (Å²) in [5.41, 5.74) is -0.0619. The van der Waals surface area contributed by atoms with Crippen LogP contribution in [0.25, 0.3) is 0 Å². The zero-order chi connectivity index (χ0) is 14.7. The van der Waals surface area contributed by atoms with Gasteiger partial charge in [0.1, 0.15) is 11.5 Å². The van der Waals surface area contributed by atoms with Crippen molar-refractivity contribution in [3.8, 4) is 0 Å². The Labute approximate surface area is 112 Å². The highest BCUT2D eigenvalue weighted by Gasteiger charge is 2.09. The number of rotatable bonds is 3. The topological polar surface area (TPSA) is 49.7 Å². The van der Waals surface area contributed by atoms with E-state index >= 15 is 0 Å². The van der Waals surface area contributed by atoms with Crippen LogP contribution in [0.4, 0.5) is 18.9 Å². The van der Waals surface area contributed by atoms with Gasteiger partial charge in [0.25, 0.3) is 0 Å². The molecule has 0 fully saturated rings. The number of aromatic carboxylic acids is 1. The molecule has 0 radical (unpaired) electrons. The molecular formula is C14H8F3NO2. The van der Waals surface area contributed by atoms with Gasteiger partial charge in [-0.25, -0.2) is 18.0 Å². The minimum Gasteiger partial charge on any atom is -0.478 e. The second kappa shape index (κ2) is 5.56. The molecule has 0 aliphatic rings. The van der Waals surface area contributed by atoms with Gasteiger partial charge in [-0.05, 0) is 17.7 Å². The Morgan fingerprint density at radius 1 is 1.05 bits per heavy atom. The Hall–Kier alpha value is -2.63. The first-order valence-electron chi connectivity index (χ1n) is 5.49. The molecule has 0 saturated carbocycles. The van der Waals surface area contributed by atoms with E-state index in [1.54, 1.807) is 0 Å². The number of hydrogen-bond donors (Lipinski definition) is 1. The highest BCUT2D eigenvalue weighted by Crippen LogP contribution is 2.23. The number of hydrogen-bond acceptors (Lipinski definition) is 2. The van der Waals surface area contributed by atoms with Crippen molar-refractivity contribution in [3.05, 3.63) is 65.0 Å². The maximum Gasteiger partial charge on any atom is 0.335 e. The maximum absolute atomic E-state index is 13.3. The van der Waals surface area contributed by atoms with Crippen LogP contribution >= 0.6 is 0 Å². The smallest absolute Gasteiger partial charge is 0.335 e. The van der Waals surface area contributed by atoms with Gasteiger partial charge in [-0.3, -0.25) is 4.99 Å². The normalized spacial score (nSPS) is 10.9. The highest BCUT2D eigenvalue weighted by atomic mass is 19.1. The van der Waals surface area contributed by atoms with Gasteiger partial charge in [-0.1, -0.05) is 12.1 Å². The average Bonchev–Trinajstić information content (AvgIpc) is 2.38. The van der Waals surface area contributed by atoms with Gasteiger partial charge in [-0.15, -0.1) is 0 Å². The van der Waals surface area contributed by atoms with E-state index in [-0.39, 0.29) is 5.56 Å². The largest absolute Gasteiger partial charge is 0.478 e. The minimum atomic E-state index is -1.11. The monoisotopic (exact) mass is 279 g/mol. The molecule has 2 rings (SSSR count). The van der Waals surface area contributed by atoms with Crippen molar-refractivity contribution in [2.75, 3.05) is 0 Å². The lowest BCUT2D eigenvalue weighted by molar-refractivity contribution is 0.0697. The van der Waals surface area contributed by atoms with Crippen molar-refractivity contribution in [2.45, 2.75) is 0 Å². The molecule has 102 valence electrons. The van der Waals surface area contributed by atoms with Crippen LogP contribution in [0.2, 0.25) is 0 Å². The van der Waals surface area contributed by atoms with Crippen LogP contribution in [-0.4, -0.2) is 17.3 Å². The third-order valence-corrected chi connectivity index (χ3v) is 2.48. The van der Waals surface area contributed by atoms with Crippen molar-refractivity contribution >= 4 is 17.9 Å². The van der Waals surface area contributed by atoms with Crippen molar-refractivity contribution in [1.82, 2.24) is 0 Å². The molecule has 0 spiro atoms. The lowest BCUT2D eigenvalue weighted by Gasteiger charge is -2.00. The number of carboxylic acids is 1. The molecule has 20 heavy (non-hydrogen) atoms. The summed E-state index contributed by atoms with van der Waals surface area (Å²) >= 11 is 0. The van der Waals surface area contributed by atoms with Crippen LogP contribution in [0.3, 0.4) is 0 Å². The van der Waals surface area contributed by atoms with E-state index in [0.717, 1.165) is 6.21 Å². The van der Waals surface area contributed by atoms with E-state index in [1.165, 1.54) is 24.3 Å². The van der Waals surface area contributed by atoms with Gasteiger partial charge in [0.05, 0.1) is 5.56 Å². The second-order valence-corrected chi connectivity index (χ2v) is 3.90. The van der Waals surface area contributed by atoms with Crippen molar-refractivity contribution in [2.24, 2.45) is 4.99 Å². The Balaban J connectivity index is 2.27. The number of benzene rings is 2. The predicted molar refractivity (Wildman–Crippen MR) is 67.0 cm³/mol. The van der Waals surface area contributed by atoms with E-state index in [4.69, 9.17) is 5.11 Å². The van der Waals surface area contributed by atoms with Crippen molar-refractivity contribution < 1.29 is 23.1 Å². The van der Waals surface area contributed by atoms with E-state index in [9.17, 15) is 18.0 Å². The zero-order valence-corrected chi connectivity index (χ0v) is 9.98. The summed E-state index contributed by atoms with van der Waals surface area (Å²) in [4.78, 5) is 14.2. The highest BCUT2D eigenvalue weighted by molar-refractivity contribution is 5.89. The molecule has 2 aromatic carbocycles. The van der Waals surface area contributed by atoms with Crippen LogP contribution in [-0.2, 0) is 0 Å². The summed E-state index contributed by atoms with van der Waals surface area (Å²) in [5, 5.41) is 8.71. The van der Waals surface area contributed by atoms with Crippen LogP contribution in [0.1, 0.15) is 15.9 Å². The quantitative estimate of drug-likeness (QED) is 0.873. The van der Waals surface area contributed by atoms with Gasteiger partial charge in [0.2, 0.25) is 0 Å². The summed E-state index contributed by atoms with van der Waals surface area (Å²) in [6.07, 6.45) is 1.16.